The van der Waals surface area contributed by atoms with Gasteiger partial charge in [-0.15, -0.1) is 0 Å². The summed E-state index contributed by atoms with van der Waals surface area (Å²) in [4.78, 5) is 12.1. The van der Waals surface area contributed by atoms with Crippen molar-refractivity contribution in [2.24, 2.45) is 0 Å². The maximum atomic E-state index is 12.1. The smallest absolute Gasteiger partial charge is 0.155 e. The number of hydrogen-bond acceptors (Lipinski definition) is 1. The summed E-state index contributed by atoms with van der Waals surface area (Å²) in [6.07, 6.45) is 3.87. The number of halogens is 1. The van der Waals surface area contributed by atoms with Gasteiger partial charge in [0.15, 0.2) is 5.78 Å². The van der Waals surface area contributed by atoms with Crippen molar-refractivity contribution in [2.75, 3.05) is 0 Å². The summed E-state index contributed by atoms with van der Waals surface area (Å²) in [7, 11) is 0. The Balaban J connectivity index is 2.15. The van der Waals surface area contributed by atoms with E-state index in [1.807, 2.05) is 18.2 Å². The Bertz CT molecular complexity index is 614. The third-order valence-electron chi connectivity index (χ3n) is 3.83. The van der Waals surface area contributed by atoms with Crippen LogP contribution in [0.1, 0.15) is 37.4 Å². The molecule has 1 saturated carbocycles. The van der Waals surface area contributed by atoms with Gasteiger partial charge in [0.25, 0.3) is 0 Å². The number of carbonyl (C=O) groups excluding carboxylic acids is 1. The average molecular weight is 262 g/mol. The number of hydrogen-bond donors (Lipinski definition) is 0. The Hall–Kier alpha value is -1.28. The van der Waals surface area contributed by atoms with Gasteiger partial charge in [-0.2, -0.15) is 0 Å². The molecule has 0 N–H and O–H groups in total. The van der Waals surface area contributed by atoms with Gasteiger partial charge in [0.05, 0.1) is 6.04 Å². The fraction of sp³-hybridized carbons (Fsp3) is 0.400. The highest BCUT2D eigenvalue weighted by atomic mass is 35.5. The number of Topliss-reactive ketones (excluding diaryl/α,β-unsaturated/α-hetero) is 1. The van der Waals surface area contributed by atoms with Gasteiger partial charge in [0.1, 0.15) is 0 Å². The Morgan fingerprint density at radius 2 is 2.11 bits per heavy atom. The van der Waals surface area contributed by atoms with Gasteiger partial charge in [0.2, 0.25) is 0 Å². The van der Waals surface area contributed by atoms with E-state index in [1.165, 1.54) is 0 Å². The predicted octanol–water partition coefficient (Wildman–Crippen LogP) is 4.29. The highest BCUT2D eigenvalue weighted by Gasteiger charge is 2.25. The van der Waals surface area contributed by atoms with E-state index in [1.54, 1.807) is 0 Å². The number of ketones is 1. The maximum Gasteiger partial charge on any atom is 0.155 e. The summed E-state index contributed by atoms with van der Waals surface area (Å²) in [5.74, 6) is 0.372. The van der Waals surface area contributed by atoms with Gasteiger partial charge in [-0.1, -0.05) is 18.0 Å². The quantitative estimate of drug-likeness (QED) is 0.751. The standard InChI is InChI=1S/C15H16ClNO/c1-10-8-11-9-12(16)6-7-13(11)17(10)14-4-2-3-5-15(14)18/h6-9,14H,2-5H2,1H3. The first-order valence-corrected chi connectivity index (χ1v) is 6.84. The van der Waals surface area contributed by atoms with Crippen molar-refractivity contribution in [3.8, 4) is 0 Å². The van der Waals surface area contributed by atoms with E-state index in [-0.39, 0.29) is 6.04 Å². The number of aryl methyl sites for hydroxylation is 1. The van der Waals surface area contributed by atoms with Crippen LogP contribution in [0, 0.1) is 6.92 Å². The molecule has 3 heteroatoms. The van der Waals surface area contributed by atoms with Crippen LogP contribution in [0.2, 0.25) is 5.02 Å². The minimum absolute atomic E-state index is 0.0254. The SMILES string of the molecule is Cc1cc2cc(Cl)ccc2n1C1CCCCC1=O. The molecule has 2 nitrogen and oxygen atoms in total. The molecular formula is C15H16ClNO. The zero-order valence-corrected chi connectivity index (χ0v) is 11.2. The molecule has 0 saturated heterocycles. The second-order valence-electron chi connectivity index (χ2n) is 5.09. The minimum Gasteiger partial charge on any atom is -0.334 e. The number of carbonyl (C=O) groups is 1. The van der Waals surface area contributed by atoms with Crippen LogP contribution in [0.4, 0.5) is 0 Å². The van der Waals surface area contributed by atoms with Gasteiger partial charge in [-0.25, -0.2) is 0 Å². The van der Waals surface area contributed by atoms with Crippen LogP contribution >= 0.6 is 11.6 Å². The molecule has 2 aromatic rings. The predicted molar refractivity (Wildman–Crippen MR) is 74.2 cm³/mol. The lowest BCUT2D eigenvalue weighted by molar-refractivity contribution is -0.123. The van der Waals surface area contributed by atoms with E-state index < -0.39 is 0 Å². The third kappa shape index (κ3) is 1.85. The fourth-order valence-electron chi connectivity index (χ4n) is 3.00. The molecule has 1 aliphatic rings. The summed E-state index contributed by atoms with van der Waals surface area (Å²) in [5.41, 5.74) is 2.27. The first kappa shape index (κ1) is 11.8. The molecule has 1 fully saturated rings. The summed E-state index contributed by atoms with van der Waals surface area (Å²) in [6, 6.07) is 8.02. The van der Waals surface area contributed by atoms with Crippen molar-refractivity contribution in [3.63, 3.8) is 0 Å². The van der Waals surface area contributed by atoms with E-state index in [9.17, 15) is 4.79 Å². The van der Waals surface area contributed by atoms with Gasteiger partial charge in [-0.3, -0.25) is 4.79 Å². The highest BCUT2D eigenvalue weighted by molar-refractivity contribution is 6.31. The fourth-order valence-corrected chi connectivity index (χ4v) is 3.18. The zero-order chi connectivity index (χ0) is 12.7. The van der Waals surface area contributed by atoms with Gasteiger partial charge in [0, 0.05) is 28.0 Å². The largest absolute Gasteiger partial charge is 0.334 e. The molecule has 1 heterocycles. The highest BCUT2D eigenvalue weighted by Crippen LogP contribution is 2.32. The number of fused-ring (bicyclic) bond motifs is 1. The van der Waals surface area contributed by atoms with Crippen molar-refractivity contribution in [2.45, 2.75) is 38.6 Å². The summed E-state index contributed by atoms with van der Waals surface area (Å²) < 4.78 is 2.19. The summed E-state index contributed by atoms with van der Waals surface area (Å²) in [5, 5.41) is 1.87. The van der Waals surface area contributed by atoms with Crippen LogP contribution < -0.4 is 0 Å². The van der Waals surface area contributed by atoms with E-state index in [4.69, 9.17) is 11.6 Å². The Morgan fingerprint density at radius 3 is 2.89 bits per heavy atom. The Kier molecular flexibility index (Phi) is 2.90. The molecule has 1 unspecified atom stereocenters. The average Bonchev–Trinajstić information content (AvgIpc) is 2.65. The Labute approximate surface area is 112 Å². The molecule has 1 atom stereocenters. The number of aromatic nitrogens is 1. The van der Waals surface area contributed by atoms with E-state index in [0.29, 0.717) is 5.78 Å². The van der Waals surface area contributed by atoms with Crippen LogP contribution in [0.25, 0.3) is 10.9 Å². The normalized spacial score (nSPS) is 20.6. The van der Waals surface area contributed by atoms with Gasteiger partial charge in [-0.05, 0) is 44.0 Å². The number of benzene rings is 1. The molecule has 94 valence electrons. The molecule has 0 radical (unpaired) electrons. The summed E-state index contributed by atoms with van der Waals surface area (Å²) >= 11 is 6.02. The van der Waals surface area contributed by atoms with Crippen LogP contribution in [0.3, 0.4) is 0 Å². The van der Waals surface area contributed by atoms with Gasteiger partial charge >= 0.3 is 0 Å². The van der Waals surface area contributed by atoms with E-state index in [0.717, 1.165) is 47.3 Å². The van der Waals surface area contributed by atoms with Crippen molar-refractivity contribution in [1.29, 1.82) is 0 Å². The van der Waals surface area contributed by atoms with Crippen molar-refractivity contribution >= 4 is 28.3 Å². The number of nitrogens with zero attached hydrogens (tertiary/aromatic N) is 1. The molecule has 0 spiro atoms. The lowest BCUT2D eigenvalue weighted by Crippen LogP contribution is -2.23. The minimum atomic E-state index is 0.0254. The van der Waals surface area contributed by atoms with Crippen molar-refractivity contribution < 1.29 is 4.79 Å². The van der Waals surface area contributed by atoms with Crippen molar-refractivity contribution in [3.05, 3.63) is 35.0 Å². The first-order valence-electron chi connectivity index (χ1n) is 6.46. The molecule has 1 aromatic carbocycles. The molecule has 18 heavy (non-hydrogen) atoms. The molecule has 3 rings (SSSR count). The molecule has 1 aliphatic carbocycles. The van der Waals surface area contributed by atoms with Crippen LogP contribution in [-0.4, -0.2) is 10.4 Å². The monoisotopic (exact) mass is 261 g/mol. The lowest BCUT2D eigenvalue weighted by Gasteiger charge is -2.24. The second kappa shape index (κ2) is 4.43. The molecule has 1 aromatic heterocycles. The topological polar surface area (TPSA) is 22.0 Å². The third-order valence-corrected chi connectivity index (χ3v) is 4.06. The van der Waals surface area contributed by atoms with Crippen molar-refractivity contribution in [1.82, 2.24) is 4.57 Å². The molecular weight excluding hydrogens is 246 g/mol. The van der Waals surface area contributed by atoms with Crippen LogP contribution in [-0.2, 0) is 4.79 Å². The van der Waals surface area contributed by atoms with Crippen LogP contribution in [0.5, 0.6) is 0 Å². The van der Waals surface area contributed by atoms with E-state index in [2.05, 4.69) is 17.6 Å². The summed E-state index contributed by atoms with van der Waals surface area (Å²) in [6.45, 7) is 2.07. The van der Waals surface area contributed by atoms with Gasteiger partial charge < -0.3 is 4.57 Å². The Morgan fingerprint density at radius 1 is 1.28 bits per heavy atom. The zero-order valence-electron chi connectivity index (χ0n) is 10.4. The lowest BCUT2D eigenvalue weighted by atomic mass is 9.93. The molecule has 0 amide bonds. The van der Waals surface area contributed by atoms with E-state index >= 15 is 0 Å². The maximum absolute atomic E-state index is 12.1. The molecule has 0 aliphatic heterocycles. The molecule has 0 bridgehead atoms. The second-order valence-corrected chi connectivity index (χ2v) is 5.52. The first-order chi connectivity index (χ1) is 8.66. The number of rotatable bonds is 1. The van der Waals surface area contributed by atoms with Crippen LogP contribution in [0.15, 0.2) is 24.3 Å².